The zero-order chi connectivity index (χ0) is 20.2. The number of nitrogens with one attached hydrogen (secondary N) is 2. The van der Waals surface area contributed by atoms with Gasteiger partial charge in [-0.05, 0) is 62.8 Å². The van der Waals surface area contributed by atoms with Gasteiger partial charge in [0.2, 0.25) is 0 Å². The quantitative estimate of drug-likeness (QED) is 0.854. The molecule has 1 aromatic carbocycles. The van der Waals surface area contributed by atoms with Gasteiger partial charge in [-0.15, -0.1) is 0 Å². The molecule has 1 aromatic heterocycles. The number of nitrogens with zero attached hydrogens (tertiary/aromatic N) is 2. The van der Waals surface area contributed by atoms with Gasteiger partial charge in [0.05, 0.1) is 11.1 Å². The van der Waals surface area contributed by atoms with E-state index in [0.29, 0.717) is 28.2 Å². The molecule has 5 rings (SSSR count). The van der Waals surface area contributed by atoms with Crippen LogP contribution in [0.1, 0.15) is 56.9 Å². The molecule has 0 unspecified atom stereocenters. The average Bonchev–Trinajstić information content (AvgIpc) is 2.81. The van der Waals surface area contributed by atoms with E-state index >= 15 is 0 Å². The van der Waals surface area contributed by atoms with Gasteiger partial charge < -0.3 is 15.2 Å². The first kappa shape index (κ1) is 18.2. The number of aromatic nitrogens is 1. The van der Waals surface area contributed by atoms with Crippen LogP contribution in [0.25, 0.3) is 0 Å². The van der Waals surface area contributed by atoms with Crippen LogP contribution in [0.3, 0.4) is 0 Å². The number of anilines is 1. The van der Waals surface area contributed by atoms with E-state index < -0.39 is 11.7 Å². The lowest BCUT2D eigenvalue weighted by Gasteiger charge is -2.61. The van der Waals surface area contributed by atoms with Crippen molar-refractivity contribution in [2.45, 2.75) is 38.6 Å². The average molecular weight is 380 g/mol. The molecule has 2 N–H and O–H groups in total. The number of carbonyl (C=O) groups excluding carboxylic acids is 2. The third-order valence-electron chi connectivity index (χ3n) is 6.13. The summed E-state index contributed by atoms with van der Waals surface area (Å²) in [5.74, 6) is -0.438. The Bertz CT molecular complexity index is 1050. The minimum Gasteiger partial charge on any atom is -0.347 e. The van der Waals surface area contributed by atoms with Crippen LogP contribution in [-0.4, -0.2) is 21.9 Å². The van der Waals surface area contributed by atoms with Crippen molar-refractivity contribution in [2.24, 2.45) is 13.0 Å². The summed E-state index contributed by atoms with van der Waals surface area (Å²) in [7, 11) is 1.74. The molecule has 2 amide bonds. The van der Waals surface area contributed by atoms with Crippen molar-refractivity contribution in [3.8, 4) is 6.07 Å². The molecule has 0 radical (unpaired) electrons. The topological polar surface area (TPSA) is 86.9 Å². The molecule has 0 spiro atoms. The molecule has 6 nitrogen and oxygen atoms in total. The Balaban J connectivity index is 1.60. The van der Waals surface area contributed by atoms with Crippen molar-refractivity contribution >= 4 is 17.5 Å². The fourth-order valence-electron chi connectivity index (χ4n) is 4.45. The summed E-state index contributed by atoms with van der Waals surface area (Å²) >= 11 is 0. The van der Waals surface area contributed by atoms with Crippen LogP contribution in [0, 0.1) is 36.9 Å². The SMILES string of the molecule is Cc1c(C(=O)NC23CC(C2)C3)c(C)n(C)c1C(=O)Nc1ccc(F)c(C#N)c1. The van der Waals surface area contributed by atoms with Gasteiger partial charge in [-0.25, -0.2) is 4.39 Å². The Morgan fingerprint density at radius 1 is 1.25 bits per heavy atom. The van der Waals surface area contributed by atoms with Crippen LogP contribution in [-0.2, 0) is 7.05 Å². The minimum atomic E-state index is -0.640. The van der Waals surface area contributed by atoms with Crippen LogP contribution < -0.4 is 10.6 Å². The van der Waals surface area contributed by atoms with Crippen molar-refractivity contribution in [1.29, 1.82) is 5.26 Å². The largest absolute Gasteiger partial charge is 0.347 e. The first-order valence-corrected chi connectivity index (χ1v) is 9.24. The van der Waals surface area contributed by atoms with E-state index in [1.54, 1.807) is 24.6 Å². The molecule has 3 saturated carbocycles. The van der Waals surface area contributed by atoms with Gasteiger partial charge in [0.25, 0.3) is 11.8 Å². The van der Waals surface area contributed by atoms with E-state index in [-0.39, 0.29) is 17.0 Å². The number of nitriles is 1. The molecule has 2 bridgehead atoms. The molecular weight excluding hydrogens is 359 g/mol. The highest BCUT2D eigenvalue weighted by molar-refractivity contribution is 6.08. The van der Waals surface area contributed by atoms with Gasteiger partial charge in [-0.2, -0.15) is 5.26 Å². The van der Waals surface area contributed by atoms with Crippen molar-refractivity contribution in [3.05, 3.63) is 52.1 Å². The van der Waals surface area contributed by atoms with E-state index in [0.717, 1.165) is 31.2 Å². The molecule has 1 heterocycles. The zero-order valence-corrected chi connectivity index (χ0v) is 16.0. The predicted octanol–water partition coefficient (Wildman–Crippen LogP) is 3.19. The number of amides is 2. The predicted molar refractivity (Wildman–Crippen MR) is 101 cm³/mol. The second kappa shape index (κ2) is 6.20. The standard InChI is InChI=1S/C21H21FN4O2/c1-11-17(19(27)25-21-7-13(8-21)9-21)12(2)26(3)18(11)20(28)24-15-4-5-16(22)14(6-15)10-23/h4-6,13H,7-9H2,1-3H3,(H,24,28)(H,25,27). The monoisotopic (exact) mass is 380 g/mol. The van der Waals surface area contributed by atoms with Crippen LogP contribution in [0.5, 0.6) is 0 Å². The zero-order valence-electron chi connectivity index (χ0n) is 16.0. The third kappa shape index (κ3) is 2.68. The Morgan fingerprint density at radius 3 is 2.50 bits per heavy atom. The van der Waals surface area contributed by atoms with Gasteiger partial charge in [-0.3, -0.25) is 9.59 Å². The highest BCUT2D eigenvalue weighted by Crippen LogP contribution is 2.57. The summed E-state index contributed by atoms with van der Waals surface area (Å²) in [6.45, 7) is 3.57. The normalized spacial score (nSPS) is 21.9. The van der Waals surface area contributed by atoms with Gasteiger partial charge in [-0.1, -0.05) is 0 Å². The summed E-state index contributed by atoms with van der Waals surface area (Å²) in [5, 5.41) is 14.8. The molecule has 0 saturated heterocycles. The Kier molecular flexibility index (Phi) is 4.03. The Labute approximate surface area is 162 Å². The lowest BCUT2D eigenvalue weighted by Crippen LogP contribution is -2.68. The lowest BCUT2D eigenvalue weighted by molar-refractivity contribution is -0.0438. The maximum atomic E-state index is 13.5. The smallest absolute Gasteiger partial charge is 0.272 e. The number of hydrogen-bond acceptors (Lipinski definition) is 3. The molecule has 2 aromatic rings. The fraction of sp³-hybridized carbons (Fsp3) is 0.381. The summed E-state index contributed by atoms with van der Waals surface area (Å²) in [4.78, 5) is 25.7. The Morgan fingerprint density at radius 2 is 1.93 bits per heavy atom. The summed E-state index contributed by atoms with van der Waals surface area (Å²) < 4.78 is 15.2. The highest BCUT2D eigenvalue weighted by Gasteiger charge is 2.57. The van der Waals surface area contributed by atoms with Gasteiger partial charge in [0.15, 0.2) is 0 Å². The van der Waals surface area contributed by atoms with E-state index in [2.05, 4.69) is 10.6 Å². The summed E-state index contributed by atoms with van der Waals surface area (Å²) in [6, 6.07) is 5.58. The van der Waals surface area contributed by atoms with Gasteiger partial charge >= 0.3 is 0 Å². The van der Waals surface area contributed by atoms with Crippen LogP contribution in [0.2, 0.25) is 0 Å². The molecule has 0 aliphatic heterocycles. The van der Waals surface area contributed by atoms with E-state index in [4.69, 9.17) is 5.26 Å². The molecule has 7 heteroatoms. The van der Waals surface area contributed by atoms with Crippen LogP contribution in [0.4, 0.5) is 10.1 Å². The number of benzene rings is 1. The molecule has 3 aliphatic rings. The molecular formula is C21H21FN4O2. The molecule has 3 aliphatic carbocycles. The second-order valence-corrected chi connectivity index (χ2v) is 7.97. The van der Waals surface area contributed by atoms with Crippen molar-refractivity contribution < 1.29 is 14.0 Å². The number of carbonyl (C=O) groups is 2. The van der Waals surface area contributed by atoms with Gasteiger partial charge in [0.1, 0.15) is 17.6 Å². The third-order valence-corrected chi connectivity index (χ3v) is 6.13. The van der Waals surface area contributed by atoms with E-state index in [9.17, 15) is 14.0 Å². The van der Waals surface area contributed by atoms with Crippen molar-refractivity contribution in [2.75, 3.05) is 5.32 Å². The van der Waals surface area contributed by atoms with Crippen molar-refractivity contribution in [3.63, 3.8) is 0 Å². The molecule has 144 valence electrons. The first-order valence-electron chi connectivity index (χ1n) is 9.24. The van der Waals surface area contributed by atoms with E-state index in [1.807, 2.05) is 6.92 Å². The summed E-state index contributed by atoms with van der Waals surface area (Å²) in [5.41, 5.74) is 2.34. The van der Waals surface area contributed by atoms with E-state index in [1.165, 1.54) is 12.1 Å². The minimum absolute atomic E-state index is 0.0410. The van der Waals surface area contributed by atoms with Crippen molar-refractivity contribution in [1.82, 2.24) is 9.88 Å². The van der Waals surface area contributed by atoms with Crippen LogP contribution in [0.15, 0.2) is 18.2 Å². The summed E-state index contributed by atoms with van der Waals surface area (Å²) in [6.07, 6.45) is 3.13. The number of hydrogen-bond donors (Lipinski definition) is 2. The second-order valence-electron chi connectivity index (χ2n) is 7.97. The number of halogens is 1. The highest BCUT2D eigenvalue weighted by atomic mass is 19.1. The van der Waals surface area contributed by atoms with Crippen LogP contribution >= 0.6 is 0 Å². The molecule has 0 atom stereocenters. The number of rotatable bonds is 4. The first-order chi connectivity index (χ1) is 13.2. The molecule has 3 fully saturated rings. The maximum Gasteiger partial charge on any atom is 0.272 e. The maximum absolute atomic E-state index is 13.5. The Hall–Kier alpha value is -3.14. The fourth-order valence-corrected chi connectivity index (χ4v) is 4.45. The van der Waals surface area contributed by atoms with Gasteiger partial charge in [0, 0.05) is 24.0 Å². The lowest BCUT2D eigenvalue weighted by atomic mass is 9.50. The molecule has 28 heavy (non-hydrogen) atoms.